The Morgan fingerprint density at radius 3 is 2.28 bits per heavy atom. The number of benzene rings is 2. The van der Waals surface area contributed by atoms with Crippen LogP contribution in [0.2, 0.25) is 0 Å². The molecule has 152 valence electrons. The molecule has 0 unspecified atom stereocenters. The number of nitrogens with one attached hydrogen (secondary N) is 2. The minimum atomic E-state index is -0.443. The third-order valence-electron chi connectivity index (χ3n) is 5.73. The molecule has 2 saturated heterocycles. The molecule has 0 spiro atoms. The van der Waals surface area contributed by atoms with Crippen molar-refractivity contribution in [1.82, 2.24) is 10.2 Å². The van der Waals surface area contributed by atoms with Crippen LogP contribution in [-0.4, -0.2) is 35.0 Å². The van der Waals surface area contributed by atoms with Crippen LogP contribution in [-0.2, 0) is 0 Å². The van der Waals surface area contributed by atoms with E-state index in [1.807, 2.05) is 4.90 Å². The summed E-state index contributed by atoms with van der Waals surface area (Å²) in [6.07, 6.45) is 4.11. The van der Waals surface area contributed by atoms with Crippen LogP contribution >= 0.6 is 0 Å². The fourth-order valence-electron chi connectivity index (χ4n) is 4.45. The second kappa shape index (κ2) is 8.19. The number of halogens is 2. The quantitative estimate of drug-likeness (QED) is 0.808. The molecular formula is C22H23F2N3O2. The highest BCUT2D eigenvalue weighted by Crippen LogP contribution is 2.34. The minimum absolute atomic E-state index is 0.0285. The Hall–Kier alpha value is -2.96. The number of hydrogen-bond donors (Lipinski definition) is 2. The monoisotopic (exact) mass is 399 g/mol. The van der Waals surface area contributed by atoms with Crippen LogP contribution in [0.4, 0.5) is 19.3 Å². The summed E-state index contributed by atoms with van der Waals surface area (Å²) in [4.78, 5) is 27.2. The Balaban J connectivity index is 1.41. The maximum atomic E-state index is 13.4. The average molecular weight is 399 g/mol. The van der Waals surface area contributed by atoms with E-state index in [1.54, 1.807) is 6.07 Å². The normalized spacial score (nSPS) is 23.4. The van der Waals surface area contributed by atoms with Gasteiger partial charge in [-0.15, -0.1) is 0 Å². The molecule has 2 aromatic rings. The standard InChI is InChI=1S/C22H23F2N3O2/c23-15-7-9-17(10-8-15)26-22(29)27-19-5-2-6-20(27)13-18(12-19)25-21(28)14-3-1-4-16(24)11-14/h1,3-4,7-11,18-20H,2,5-6,12-13H2,(H,25,28)(H,26,29)/t19-,20-/m1/s1. The lowest BCUT2D eigenvalue weighted by molar-refractivity contribution is 0.0577. The third kappa shape index (κ3) is 4.39. The number of fused-ring (bicyclic) bond motifs is 2. The summed E-state index contributed by atoms with van der Waals surface area (Å²) in [7, 11) is 0. The highest BCUT2D eigenvalue weighted by atomic mass is 19.1. The van der Waals surface area contributed by atoms with E-state index in [0.29, 0.717) is 24.1 Å². The van der Waals surface area contributed by atoms with Crippen molar-refractivity contribution < 1.29 is 18.4 Å². The lowest BCUT2D eigenvalue weighted by atomic mass is 9.82. The highest BCUT2D eigenvalue weighted by Gasteiger charge is 2.41. The molecular weight excluding hydrogens is 376 g/mol. The summed E-state index contributed by atoms with van der Waals surface area (Å²) in [6, 6.07) is 11.1. The molecule has 5 nitrogen and oxygen atoms in total. The first kappa shape index (κ1) is 19.4. The predicted octanol–water partition coefficient (Wildman–Crippen LogP) is 4.31. The van der Waals surface area contributed by atoms with Crippen LogP contribution in [0, 0.1) is 11.6 Å². The van der Waals surface area contributed by atoms with Gasteiger partial charge in [0.15, 0.2) is 0 Å². The third-order valence-corrected chi connectivity index (χ3v) is 5.73. The first-order valence-corrected chi connectivity index (χ1v) is 9.91. The predicted molar refractivity (Wildman–Crippen MR) is 106 cm³/mol. The Bertz CT molecular complexity index is 889. The van der Waals surface area contributed by atoms with E-state index < -0.39 is 5.82 Å². The summed E-state index contributed by atoms with van der Waals surface area (Å²) in [5.74, 6) is -1.09. The average Bonchev–Trinajstić information content (AvgIpc) is 2.69. The first-order chi connectivity index (χ1) is 14.0. The SMILES string of the molecule is O=C(NC1C[C@H]2CCC[C@H](C1)N2C(=O)Nc1ccc(F)cc1)c1cccc(F)c1. The molecule has 2 aliphatic heterocycles. The molecule has 29 heavy (non-hydrogen) atoms. The van der Waals surface area contributed by atoms with E-state index in [4.69, 9.17) is 0 Å². The summed E-state index contributed by atoms with van der Waals surface area (Å²) in [5, 5.41) is 5.85. The number of carbonyl (C=O) groups is 2. The van der Waals surface area contributed by atoms with Crippen molar-refractivity contribution in [3.05, 3.63) is 65.7 Å². The lowest BCUT2D eigenvalue weighted by Gasteiger charge is -2.48. The number of carbonyl (C=O) groups excluding carboxylic acids is 2. The summed E-state index contributed by atoms with van der Waals surface area (Å²) in [5.41, 5.74) is 0.850. The van der Waals surface area contributed by atoms with Crippen molar-refractivity contribution in [1.29, 1.82) is 0 Å². The fourth-order valence-corrected chi connectivity index (χ4v) is 4.45. The molecule has 2 aromatic carbocycles. The number of rotatable bonds is 3. The van der Waals surface area contributed by atoms with E-state index in [9.17, 15) is 18.4 Å². The van der Waals surface area contributed by atoms with Crippen LogP contribution in [0.5, 0.6) is 0 Å². The molecule has 2 heterocycles. The Morgan fingerprint density at radius 2 is 1.62 bits per heavy atom. The summed E-state index contributed by atoms with van der Waals surface area (Å²) >= 11 is 0. The van der Waals surface area contributed by atoms with E-state index in [1.165, 1.54) is 42.5 Å². The number of piperidine rings is 2. The van der Waals surface area contributed by atoms with E-state index >= 15 is 0 Å². The first-order valence-electron chi connectivity index (χ1n) is 9.91. The largest absolute Gasteiger partial charge is 0.349 e. The van der Waals surface area contributed by atoms with Crippen molar-refractivity contribution in [2.75, 3.05) is 5.32 Å². The van der Waals surface area contributed by atoms with Gasteiger partial charge in [-0.3, -0.25) is 4.79 Å². The van der Waals surface area contributed by atoms with Gasteiger partial charge in [0.2, 0.25) is 0 Å². The smallest absolute Gasteiger partial charge is 0.322 e. The Kier molecular flexibility index (Phi) is 5.47. The summed E-state index contributed by atoms with van der Waals surface area (Å²) < 4.78 is 26.5. The van der Waals surface area contributed by atoms with Gasteiger partial charge < -0.3 is 15.5 Å². The van der Waals surface area contributed by atoms with Gasteiger partial charge >= 0.3 is 6.03 Å². The molecule has 2 aliphatic rings. The molecule has 3 amide bonds. The van der Waals surface area contributed by atoms with Gasteiger partial charge in [0.05, 0.1) is 0 Å². The molecule has 7 heteroatoms. The second-order valence-electron chi connectivity index (χ2n) is 7.74. The molecule has 0 aliphatic carbocycles. The molecule has 4 rings (SSSR count). The molecule has 2 fully saturated rings. The van der Waals surface area contributed by atoms with Crippen molar-refractivity contribution in [2.24, 2.45) is 0 Å². The maximum Gasteiger partial charge on any atom is 0.322 e. The van der Waals surface area contributed by atoms with Gasteiger partial charge in [-0.1, -0.05) is 6.07 Å². The molecule has 0 radical (unpaired) electrons. The zero-order valence-electron chi connectivity index (χ0n) is 15.9. The van der Waals surface area contributed by atoms with Gasteiger partial charge in [0, 0.05) is 29.4 Å². The minimum Gasteiger partial charge on any atom is -0.349 e. The van der Waals surface area contributed by atoms with Crippen LogP contribution in [0.25, 0.3) is 0 Å². The number of nitrogens with zero attached hydrogens (tertiary/aromatic N) is 1. The zero-order valence-corrected chi connectivity index (χ0v) is 15.9. The Morgan fingerprint density at radius 1 is 0.931 bits per heavy atom. The van der Waals surface area contributed by atoms with Crippen molar-refractivity contribution in [3.8, 4) is 0 Å². The molecule has 0 aromatic heterocycles. The highest BCUT2D eigenvalue weighted by molar-refractivity contribution is 5.94. The van der Waals surface area contributed by atoms with Gasteiger partial charge in [0.25, 0.3) is 5.91 Å². The molecule has 2 N–H and O–H groups in total. The number of anilines is 1. The fraction of sp³-hybridized carbons (Fsp3) is 0.364. The zero-order chi connectivity index (χ0) is 20.4. The maximum absolute atomic E-state index is 13.4. The molecule has 0 saturated carbocycles. The van der Waals surface area contributed by atoms with Crippen LogP contribution < -0.4 is 10.6 Å². The van der Waals surface area contributed by atoms with Crippen molar-refractivity contribution >= 4 is 17.6 Å². The van der Waals surface area contributed by atoms with Crippen molar-refractivity contribution in [3.63, 3.8) is 0 Å². The van der Waals surface area contributed by atoms with E-state index in [-0.39, 0.29) is 35.9 Å². The van der Waals surface area contributed by atoms with Gasteiger partial charge in [-0.2, -0.15) is 0 Å². The van der Waals surface area contributed by atoms with Crippen LogP contribution in [0.3, 0.4) is 0 Å². The van der Waals surface area contributed by atoms with Gasteiger partial charge in [-0.05, 0) is 74.6 Å². The van der Waals surface area contributed by atoms with Crippen molar-refractivity contribution in [2.45, 2.75) is 50.2 Å². The number of amides is 3. The van der Waals surface area contributed by atoms with E-state index in [0.717, 1.165) is 19.3 Å². The van der Waals surface area contributed by atoms with Crippen LogP contribution in [0.15, 0.2) is 48.5 Å². The molecule has 2 atom stereocenters. The summed E-state index contributed by atoms with van der Waals surface area (Å²) in [6.45, 7) is 0. The van der Waals surface area contributed by atoms with Gasteiger partial charge in [-0.25, -0.2) is 13.6 Å². The topological polar surface area (TPSA) is 61.4 Å². The van der Waals surface area contributed by atoms with E-state index in [2.05, 4.69) is 10.6 Å². The lowest BCUT2D eigenvalue weighted by Crippen LogP contribution is -2.59. The van der Waals surface area contributed by atoms with Gasteiger partial charge in [0.1, 0.15) is 11.6 Å². The number of urea groups is 1. The Labute approximate surface area is 168 Å². The second-order valence-corrected chi connectivity index (χ2v) is 7.74. The molecule has 2 bridgehead atoms. The number of hydrogen-bond acceptors (Lipinski definition) is 2. The van der Waals surface area contributed by atoms with Crippen LogP contribution in [0.1, 0.15) is 42.5 Å².